The summed E-state index contributed by atoms with van der Waals surface area (Å²) in [6, 6.07) is 15.2. The minimum Gasteiger partial charge on any atom is -0.507 e. The van der Waals surface area contributed by atoms with Crippen molar-refractivity contribution in [3.8, 4) is 5.75 Å². The highest BCUT2D eigenvalue weighted by molar-refractivity contribution is 6.08. The lowest BCUT2D eigenvalue weighted by atomic mass is 10.0. The number of benzene rings is 2. The molecular weight excluding hydrogens is 392 g/mol. The van der Waals surface area contributed by atoms with Crippen molar-refractivity contribution in [1.29, 1.82) is 0 Å². The highest BCUT2D eigenvalue weighted by Gasteiger charge is 2.09. The fourth-order valence-electron chi connectivity index (χ4n) is 4.11. The van der Waals surface area contributed by atoms with Crippen molar-refractivity contribution >= 4 is 11.9 Å². The average Bonchev–Trinajstić information content (AvgIpc) is 2.81. The molecule has 0 atom stereocenters. The van der Waals surface area contributed by atoms with Gasteiger partial charge in [0, 0.05) is 0 Å². The van der Waals surface area contributed by atoms with E-state index in [1.165, 1.54) is 83.1 Å². The van der Waals surface area contributed by atoms with Crippen molar-refractivity contribution in [2.75, 3.05) is 0 Å². The van der Waals surface area contributed by atoms with Crippen LogP contribution in [0.25, 0.3) is 6.08 Å². The van der Waals surface area contributed by atoms with Crippen LogP contribution in [0.3, 0.4) is 0 Å². The maximum absolute atomic E-state index is 12.4. The van der Waals surface area contributed by atoms with Crippen LogP contribution in [0.4, 0.5) is 0 Å². The van der Waals surface area contributed by atoms with Gasteiger partial charge in [-0.3, -0.25) is 4.79 Å². The van der Waals surface area contributed by atoms with Crippen LogP contribution in [0.5, 0.6) is 5.75 Å². The SMILES string of the molecule is CCCCCCCCCCCCCCCc1ccc(C(=O)C=Cc2ccccc2)c(O)c1. The smallest absolute Gasteiger partial charge is 0.189 e. The van der Waals surface area contributed by atoms with Crippen LogP contribution in [0, 0.1) is 0 Å². The molecule has 0 aromatic heterocycles. The lowest BCUT2D eigenvalue weighted by molar-refractivity contribution is 0.104. The molecule has 0 fully saturated rings. The van der Waals surface area contributed by atoms with Gasteiger partial charge < -0.3 is 5.11 Å². The van der Waals surface area contributed by atoms with Gasteiger partial charge in [0.25, 0.3) is 0 Å². The third kappa shape index (κ3) is 10.8. The molecular formula is C30H42O2. The standard InChI is InChI=1S/C30H42O2/c1-2-3-4-5-6-7-8-9-10-11-12-13-15-20-27-21-23-28(30(32)25-27)29(31)24-22-26-18-16-14-17-19-26/h14,16-19,21-25,32H,2-13,15,20H2,1H3. The Morgan fingerprint density at radius 3 is 1.88 bits per heavy atom. The first-order valence-corrected chi connectivity index (χ1v) is 12.8. The molecule has 1 N–H and O–H groups in total. The third-order valence-corrected chi connectivity index (χ3v) is 6.12. The Bertz CT molecular complexity index is 792. The van der Waals surface area contributed by atoms with Gasteiger partial charge >= 0.3 is 0 Å². The number of aryl methyl sites for hydroxylation is 1. The normalized spacial score (nSPS) is 11.3. The Hall–Kier alpha value is -2.35. The number of unbranched alkanes of at least 4 members (excludes halogenated alkanes) is 12. The number of hydrogen-bond donors (Lipinski definition) is 1. The van der Waals surface area contributed by atoms with Gasteiger partial charge in [0.2, 0.25) is 0 Å². The van der Waals surface area contributed by atoms with E-state index >= 15 is 0 Å². The number of hydrogen-bond acceptors (Lipinski definition) is 2. The van der Waals surface area contributed by atoms with Crippen molar-refractivity contribution in [2.45, 2.75) is 96.8 Å². The van der Waals surface area contributed by atoms with E-state index in [4.69, 9.17) is 0 Å². The summed E-state index contributed by atoms with van der Waals surface area (Å²) < 4.78 is 0. The van der Waals surface area contributed by atoms with Crippen molar-refractivity contribution in [3.63, 3.8) is 0 Å². The molecule has 0 aliphatic carbocycles. The monoisotopic (exact) mass is 434 g/mol. The van der Waals surface area contributed by atoms with Crippen LogP contribution < -0.4 is 0 Å². The number of phenols is 1. The quantitative estimate of drug-likeness (QED) is 0.153. The molecule has 2 aromatic carbocycles. The molecule has 0 amide bonds. The molecule has 32 heavy (non-hydrogen) atoms. The Labute approximate surface area is 195 Å². The van der Waals surface area contributed by atoms with Gasteiger partial charge in [-0.25, -0.2) is 0 Å². The van der Waals surface area contributed by atoms with Gasteiger partial charge in [-0.05, 0) is 42.2 Å². The molecule has 0 saturated carbocycles. The molecule has 0 unspecified atom stereocenters. The number of carbonyl (C=O) groups excluding carboxylic acids is 1. The molecule has 0 spiro atoms. The molecule has 0 saturated heterocycles. The van der Waals surface area contributed by atoms with Gasteiger partial charge in [0.05, 0.1) is 5.56 Å². The molecule has 0 bridgehead atoms. The van der Waals surface area contributed by atoms with Crippen molar-refractivity contribution in [3.05, 3.63) is 71.3 Å². The van der Waals surface area contributed by atoms with Crippen LogP contribution in [-0.2, 0) is 6.42 Å². The van der Waals surface area contributed by atoms with Gasteiger partial charge in [-0.2, -0.15) is 0 Å². The highest BCUT2D eigenvalue weighted by Crippen LogP contribution is 2.22. The maximum atomic E-state index is 12.4. The molecule has 2 rings (SSSR count). The fourth-order valence-corrected chi connectivity index (χ4v) is 4.11. The summed E-state index contributed by atoms with van der Waals surface area (Å²) in [4.78, 5) is 12.4. The number of aromatic hydroxyl groups is 1. The van der Waals surface area contributed by atoms with Gasteiger partial charge in [-0.1, -0.05) is 126 Å². The highest BCUT2D eigenvalue weighted by atomic mass is 16.3. The number of ketones is 1. The minimum absolute atomic E-state index is 0.0832. The van der Waals surface area contributed by atoms with Crippen LogP contribution in [0.2, 0.25) is 0 Å². The molecule has 174 valence electrons. The third-order valence-electron chi connectivity index (χ3n) is 6.12. The van der Waals surface area contributed by atoms with Crippen LogP contribution in [0.1, 0.15) is 112 Å². The summed E-state index contributed by atoms with van der Waals surface area (Å²) in [5.41, 5.74) is 2.44. The van der Waals surface area contributed by atoms with E-state index in [2.05, 4.69) is 6.92 Å². The molecule has 0 radical (unpaired) electrons. The number of phenolic OH excluding ortho intramolecular Hbond substituents is 1. The van der Waals surface area contributed by atoms with E-state index < -0.39 is 0 Å². The van der Waals surface area contributed by atoms with E-state index in [1.54, 1.807) is 18.2 Å². The molecule has 2 aromatic rings. The molecule has 2 nitrogen and oxygen atoms in total. The van der Waals surface area contributed by atoms with Crippen LogP contribution in [0.15, 0.2) is 54.6 Å². The summed E-state index contributed by atoms with van der Waals surface area (Å²) in [7, 11) is 0. The summed E-state index contributed by atoms with van der Waals surface area (Å²) in [6.07, 6.45) is 21.8. The average molecular weight is 435 g/mol. The first-order valence-electron chi connectivity index (χ1n) is 12.8. The van der Waals surface area contributed by atoms with E-state index in [0.29, 0.717) is 5.56 Å². The second-order valence-electron chi connectivity index (χ2n) is 8.95. The zero-order chi connectivity index (χ0) is 22.9. The van der Waals surface area contributed by atoms with Crippen molar-refractivity contribution in [1.82, 2.24) is 0 Å². The topological polar surface area (TPSA) is 37.3 Å². The molecule has 2 heteroatoms. The van der Waals surface area contributed by atoms with Gasteiger partial charge in [0.15, 0.2) is 5.78 Å². The Kier molecular flexibility index (Phi) is 13.2. The Balaban J connectivity index is 1.57. The number of rotatable bonds is 17. The zero-order valence-corrected chi connectivity index (χ0v) is 20.0. The minimum atomic E-state index is -0.168. The molecule has 0 aliphatic heterocycles. The van der Waals surface area contributed by atoms with Crippen LogP contribution in [-0.4, -0.2) is 10.9 Å². The fraction of sp³-hybridized carbons (Fsp3) is 0.500. The maximum Gasteiger partial charge on any atom is 0.189 e. The molecule has 0 heterocycles. The number of carbonyl (C=O) groups is 1. The first kappa shape index (κ1) is 25.9. The van der Waals surface area contributed by atoms with Crippen molar-refractivity contribution < 1.29 is 9.90 Å². The Morgan fingerprint density at radius 1 is 0.750 bits per heavy atom. The largest absolute Gasteiger partial charge is 0.507 e. The van der Waals surface area contributed by atoms with E-state index in [1.807, 2.05) is 36.4 Å². The predicted octanol–water partition coefficient (Wildman–Crippen LogP) is 8.92. The summed E-state index contributed by atoms with van der Waals surface area (Å²) >= 11 is 0. The van der Waals surface area contributed by atoms with Gasteiger partial charge in [-0.15, -0.1) is 0 Å². The van der Waals surface area contributed by atoms with E-state index in [0.717, 1.165) is 24.0 Å². The van der Waals surface area contributed by atoms with Crippen LogP contribution >= 0.6 is 0 Å². The second-order valence-corrected chi connectivity index (χ2v) is 8.95. The Morgan fingerprint density at radius 2 is 1.31 bits per heavy atom. The zero-order valence-electron chi connectivity index (χ0n) is 20.0. The predicted molar refractivity (Wildman–Crippen MR) is 137 cm³/mol. The summed E-state index contributed by atoms with van der Waals surface area (Å²) in [5.74, 6) is -0.0845. The van der Waals surface area contributed by atoms with Gasteiger partial charge in [0.1, 0.15) is 5.75 Å². The van der Waals surface area contributed by atoms with E-state index in [-0.39, 0.29) is 11.5 Å². The first-order chi connectivity index (χ1) is 15.7. The summed E-state index contributed by atoms with van der Waals surface area (Å²) in [6.45, 7) is 2.27. The van der Waals surface area contributed by atoms with E-state index in [9.17, 15) is 9.90 Å². The van der Waals surface area contributed by atoms with Crippen molar-refractivity contribution in [2.24, 2.45) is 0 Å². The lowest BCUT2D eigenvalue weighted by Crippen LogP contribution is -1.96. The molecule has 0 aliphatic rings. The number of allylic oxidation sites excluding steroid dienone is 1. The lowest BCUT2D eigenvalue weighted by Gasteiger charge is -2.06. The second kappa shape index (κ2) is 16.3. The summed E-state index contributed by atoms with van der Waals surface area (Å²) in [5, 5.41) is 10.3.